The lowest BCUT2D eigenvalue weighted by atomic mass is 10.1. The van der Waals surface area contributed by atoms with Crippen molar-refractivity contribution >= 4 is 27.6 Å². The molecule has 0 aliphatic carbocycles. The Kier molecular flexibility index (Phi) is 2.41. The molecule has 0 atom stereocenters. The van der Waals surface area contributed by atoms with Crippen LogP contribution < -0.4 is 5.73 Å². The Morgan fingerprint density at radius 1 is 1.05 bits per heavy atom. The number of aromatic nitrogens is 3. The molecule has 4 aromatic rings. The summed E-state index contributed by atoms with van der Waals surface area (Å²) in [7, 11) is 0. The molecule has 0 saturated heterocycles. The molecule has 5 heteroatoms. The number of nitrogen functional groups attached to an aromatic ring is 1. The maximum Gasteiger partial charge on any atom is 0.146 e. The molecule has 3 aromatic heterocycles. The number of rotatable bonds is 1. The number of benzene rings is 1. The first kappa shape index (κ1) is 11.8. The second-order valence-electron chi connectivity index (χ2n) is 4.88. The summed E-state index contributed by atoms with van der Waals surface area (Å²) in [5.41, 5.74) is 9.03. The second-order valence-corrected chi connectivity index (χ2v) is 4.88. The van der Waals surface area contributed by atoms with Crippen molar-refractivity contribution in [1.29, 1.82) is 0 Å². The van der Waals surface area contributed by atoms with Crippen LogP contribution in [-0.4, -0.2) is 15.0 Å². The lowest BCUT2D eigenvalue weighted by molar-refractivity contribution is 0.632. The smallest absolute Gasteiger partial charge is 0.146 e. The van der Waals surface area contributed by atoms with Gasteiger partial charge in [-0.3, -0.25) is 4.98 Å². The fourth-order valence-corrected chi connectivity index (χ4v) is 2.48. The number of hydrogen-bond acceptors (Lipinski definition) is 3. The molecule has 4 nitrogen and oxygen atoms in total. The topological polar surface area (TPSA) is 67.6 Å². The summed E-state index contributed by atoms with van der Waals surface area (Å²) < 4.78 is 13.2. The zero-order valence-electron chi connectivity index (χ0n) is 11.0. The van der Waals surface area contributed by atoms with Crippen molar-refractivity contribution in [3.8, 4) is 11.3 Å². The lowest BCUT2D eigenvalue weighted by Crippen LogP contribution is -1.92. The highest BCUT2D eigenvalue weighted by Crippen LogP contribution is 2.27. The Bertz CT molecular complexity index is 975. The summed E-state index contributed by atoms with van der Waals surface area (Å²) >= 11 is 0. The largest absolute Gasteiger partial charge is 0.396 e. The van der Waals surface area contributed by atoms with Gasteiger partial charge in [-0.05, 0) is 36.4 Å². The molecule has 0 saturated carbocycles. The average molecular weight is 278 g/mol. The van der Waals surface area contributed by atoms with Gasteiger partial charge in [-0.2, -0.15) is 0 Å². The van der Waals surface area contributed by atoms with Crippen LogP contribution in [0, 0.1) is 5.82 Å². The van der Waals surface area contributed by atoms with Gasteiger partial charge in [-0.25, -0.2) is 9.37 Å². The number of hydrogen-bond donors (Lipinski definition) is 2. The summed E-state index contributed by atoms with van der Waals surface area (Å²) in [5.74, 6) is -0.420. The summed E-state index contributed by atoms with van der Waals surface area (Å²) in [6.45, 7) is 0. The molecule has 3 heterocycles. The third-order valence-corrected chi connectivity index (χ3v) is 3.55. The van der Waals surface area contributed by atoms with E-state index in [1.807, 2.05) is 24.4 Å². The number of nitrogens with two attached hydrogens (primary N) is 1. The number of nitrogens with zero attached hydrogens (tertiary/aromatic N) is 2. The van der Waals surface area contributed by atoms with E-state index in [4.69, 9.17) is 5.73 Å². The normalized spacial score (nSPS) is 11.3. The SMILES string of the molecule is Nc1cc(-c2ccc3c(n2)[nH]c2ccncc23)ccc1F. The van der Waals surface area contributed by atoms with Crippen LogP contribution in [-0.2, 0) is 0 Å². The molecule has 1 aromatic carbocycles. The second kappa shape index (κ2) is 4.28. The van der Waals surface area contributed by atoms with Gasteiger partial charge >= 0.3 is 0 Å². The van der Waals surface area contributed by atoms with Gasteiger partial charge in [0.25, 0.3) is 0 Å². The van der Waals surface area contributed by atoms with Gasteiger partial charge in [0, 0.05) is 28.7 Å². The molecule has 0 amide bonds. The molecule has 0 fully saturated rings. The van der Waals surface area contributed by atoms with E-state index in [1.165, 1.54) is 6.07 Å². The lowest BCUT2D eigenvalue weighted by Gasteiger charge is -2.03. The van der Waals surface area contributed by atoms with E-state index >= 15 is 0 Å². The zero-order chi connectivity index (χ0) is 14.4. The third-order valence-electron chi connectivity index (χ3n) is 3.55. The first-order valence-corrected chi connectivity index (χ1v) is 6.50. The Hall–Kier alpha value is -2.95. The van der Waals surface area contributed by atoms with E-state index < -0.39 is 5.82 Å². The summed E-state index contributed by atoms with van der Waals surface area (Å²) in [6, 6.07) is 10.4. The van der Waals surface area contributed by atoms with Crippen molar-refractivity contribution in [1.82, 2.24) is 15.0 Å². The standard InChI is InChI=1S/C16H11FN4/c17-12-3-1-9(7-13(12)18)14-4-2-10-11-8-19-6-5-15(11)21-16(10)20-14/h1-8H,18H2,(H,20,21). The molecule has 0 aliphatic heterocycles. The molecule has 0 radical (unpaired) electrons. The van der Waals surface area contributed by atoms with Gasteiger partial charge in [0.1, 0.15) is 11.5 Å². The number of nitrogens with one attached hydrogen (secondary N) is 1. The molecule has 4 rings (SSSR count). The van der Waals surface area contributed by atoms with Crippen molar-refractivity contribution in [3.63, 3.8) is 0 Å². The number of anilines is 1. The number of aromatic amines is 1. The first-order chi connectivity index (χ1) is 10.2. The Morgan fingerprint density at radius 3 is 2.81 bits per heavy atom. The van der Waals surface area contributed by atoms with Crippen LogP contribution in [0.25, 0.3) is 33.2 Å². The fourth-order valence-electron chi connectivity index (χ4n) is 2.48. The molecule has 102 valence electrons. The Balaban J connectivity index is 1.94. The van der Waals surface area contributed by atoms with E-state index in [-0.39, 0.29) is 5.69 Å². The average Bonchev–Trinajstić information content (AvgIpc) is 2.87. The molecule has 21 heavy (non-hydrogen) atoms. The minimum Gasteiger partial charge on any atom is -0.396 e. The van der Waals surface area contributed by atoms with Crippen molar-refractivity contribution in [2.45, 2.75) is 0 Å². The highest BCUT2D eigenvalue weighted by atomic mass is 19.1. The van der Waals surface area contributed by atoms with E-state index in [9.17, 15) is 4.39 Å². The molecule has 0 aliphatic rings. The van der Waals surface area contributed by atoms with E-state index in [2.05, 4.69) is 15.0 Å². The van der Waals surface area contributed by atoms with Crippen LogP contribution in [0.15, 0.2) is 48.8 Å². The number of halogens is 1. The van der Waals surface area contributed by atoms with Gasteiger partial charge < -0.3 is 10.7 Å². The molecular weight excluding hydrogens is 267 g/mol. The van der Waals surface area contributed by atoms with Crippen molar-refractivity contribution in [3.05, 3.63) is 54.6 Å². The summed E-state index contributed by atoms with van der Waals surface area (Å²) in [6.07, 6.45) is 3.55. The van der Waals surface area contributed by atoms with Gasteiger partial charge in [-0.15, -0.1) is 0 Å². The monoisotopic (exact) mass is 278 g/mol. The predicted octanol–water partition coefficient (Wildman–Crippen LogP) is 3.50. The van der Waals surface area contributed by atoms with Crippen molar-refractivity contribution in [2.24, 2.45) is 0 Å². The molecule has 0 spiro atoms. The van der Waals surface area contributed by atoms with Crippen LogP contribution in [0.5, 0.6) is 0 Å². The maximum atomic E-state index is 13.2. The number of fused-ring (bicyclic) bond motifs is 3. The molecule has 3 N–H and O–H groups in total. The number of pyridine rings is 2. The highest BCUT2D eigenvalue weighted by Gasteiger charge is 2.08. The van der Waals surface area contributed by atoms with Crippen LogP contribution in [0.1, 0.15) is 0 Å². The maximum absolute atomic E-state index is 13.2. The van der Waals surface area contributed by atoms with Crippen LogP contribution >= 0.6 is 0 Å². The molecular formula is C16H11FN4. The van der Waals surface area contributed by atoms with E-state index in [0.717, 1.165) is 33.2 Å². The van der Waals surface area contributed by atoms with Gasteiger partial charge in [0.05, 0.1) is 16.9 Å². The van der Waals surface area contributed by atoms with E-state index in [0.29, 0.717) is 0 Å². The fraction of sp³-hybridized carbons (Fsp3) is 0. The minimum atomic E-state index is -0.420. The van der Waals surface area contributed by atoms with Gasteiger partial charge in [0.15, 0.2) is 0 Å². The number of H-pyrrole nitrogens is 1. The predicted molar refractivity (Wildman–Crippen MR) is 81.2 cm³/mol. The minimum absolute atomic E-state index is 0.121. The first-order valence-electron chi connectivity index (χ1n) is 6.50. The zero-order valence-corrected chi connectivity index (χ0v) is 11.0. The highest BCUT2D eigenvalue weighted by molar-refractivity contribution is 6.05. The van der Waals surface area contributed by atoms with Gasteiger partial charge in [-0.1, -0.05) is 0 Å². The van der Waals surface area contributed by atoms with Crippen molar-refractivity contribution in [2.75, 3.05) is 5.73 Å². The van der Waals surface area contributed by atoms with Crippen LogP contribution in [0.3, 0.4) is 0 Å². The summed E-state index contributed by atoms with van der Waals surface area (Å²) in [5, 5.41) is 2.04. The van der Waals surface area contributed by atoms with E-state index in [1.54, 1.807) is 18.3 Å². The van der Waals surface area contributed by atoms with Crippen LogP contribution in [0.2, 0.25) is 0 Å². The Morgan fingerprint density at radius 2 is 1.95 bits per heavy atom. The Labute approximate surface area is 119 Å². The van der Waals surface area contributed by atoms with Crippen molar-refractivity contribution < 1.29 is 4.39 Å². The molecule has 0 bridgehead atoms. The third kappa shape index (κ3) is 1.82. The van der Waals surface area contributed by atoms with Crippen LogP contribution in [0.4, 0.5) is 10.1 Å². The van der Waals surface area contributed by atoms with Gasteiger partial charge in [0.2, 0.25) is 0 Å². The molecule has 0 unspecified atom stereocenters. The summed E-state index contributed by atoms with van der Waals surface area (Å²) in [4.78, 5) is 12.0. The quantitative estimate of drug-likeness (QED) is 0.524.